The molecular weight excluding hydrogens is 250 g/mol. The molecule has 0 heterocycles. The molecule has 16 heavy (non-hydrogen) atoms. The summed E-state index contributed by atoms with van der Waals surface area (Å²) in [6, 6.07) is 8.82. The summed E-state index contributed by atoms with van der Waals surface area (Å²) in [6.07, 6.45) is 0. The van der Waals surface area contributed by atoms with E-state index >= 15 is 0 Å². The number of halogens is 3. The molecule has 0 fully saturated rings. The van der Waals surface area contributed by atoms with Crippen LogP contribution in [0.2, 0.25) is 10.0 Å². The van der Waals surface area contributed by atoms with Gasteiger partial charge in [-0.2, -0.15) is 0 Å². The van der Waals surface area contributed by atoms with Crippen molar-refractivity contribution in [3.05, 3.63) is 52.3 Å². The molecule has 0 aliphatic carbocycles. The van der Waals surface area contributed by atoms with E-state index in [-0.39, 0.29) is 5.75 Å². The van der Waals surface area contributed by atoms with Gasteiger partial charge >= 0.3 is 0 Å². The van der Waals surface area contributed by atoms with Crippen LogP contribution in [0.5, 0.6) is 5.75 Å². The molecule has 0 bridgehead atoms. The van der Waals surface area contributed by atoms with Gasteiger partial charge in [-0.25, -0.2) is 4.39 Å². The second kappa shape index (κ2) is 4.32. The van der Waals surface area contributed by atoms with E-state index in [0.29, 0.717) is 21.2 Å². The highest BCUT2D eigenvalue weighted by molar-refractivity contribution is 6.43. The largest absolute Gasteiger partial charge is 0.508 e. The lowest BCUT2D eigenvalue weighted by molar-refractivity contribution is 0.469. The first-order valence-corrected chi connectivity index (χ1v) is 5.27. The van der Waals surface area contributed by atoms with Gasteiger partial charge in [0.2, 0.25) is 0 Å². The number of hydrogen-bond donors (Lipinski definition) is 1. The van der Waals surface area contributed by atoms with Crippen molar-refractivity contribution in [3.63, 3.8) is 0 Å². The van der Waals surface area contributed by atoms with E-state index < -0.39 is 5.82 Å². The Labute approximate surface area is 102 Å². The minimum Gasteiger partial charge on any atom is -0.508 e. The Morgan fingerprint density at radius 2 is 1.81 bits per heavy atom. The maximum Gasteiger partial charge on any atom is 0.127 e. The molecule has 0 saturated heterocycles. The Bertz CT molecular complexity index is 520. The zero-order valence-corrected chi connectivity index (χ0v) is 9.56. The summed E-state index contributed by atoms with van der Waals surface area (Å²) >= 11 is 11.9. The van der Waals surface area contributed by atoms with Crippen molar-refractivity contribution in [3.8, 4) is 16.9 Å². The minimum absolute atomic E-state index is 0.147. The number of aromatic hydroxyl groups is 1. The van der Waals surface area contributed by atoms with Gasteiger partial charge in [-0.15, -0.1) is 0 Å². The van der Waals surface area contributed by atoms with E-state index in [1.807, 2.05) is 0 Å². The summed E-state index contributed by atoms with van der Waals surface area (Å²) in [5.41, 5.74) is 1.08. The zero-order valence-electron chi connectivity index (χ0n) is 8.05. The molecule has 1 N–H and O–H groups in total. The molecule has 2 aromatic carbocycles. The Morgan fingerprint density at radius 1 is 1.06 bits per heavy atom. The summed E-state index contributed by atoms with van der Waals surface area (Å²) in [6.45, 7) is 0. The second-order valence-corrected chi connectivity index (χ2v) is 4.08. The first-order valence-electron chi connectivity index (χ1n) is 4.52. The van der Waals surface area contributed by atoms with E-state index in [1.54, 1.807) is 18.2 Å². The van der Waals surface area contributed by atoms with Crippen molar-refractivity contribution in [1.29, 1.82) is 0 Å². The van der Waals surface area contributed by atoms with Crippen molar-refractivity contribution in [1.82, 2.24) is 0 Å². The van der Waals surface area contributed by atoms with Crippen molar-refractivity contribution < 1.29 is 9.50 Å². The lowest BCUT2D eigenvalue weighted by Gasteiger charge is -2.06. The van der Waals surface area contributed by atoms with E-state index in [4.69, 9.17) is 23.2 Å². The van der Waals surface area contributed by atoms with Gasteiger partial charge < -0.3 is 5.11 Å². The molecule has 2 rings (SSSR count). The van der Waals surface area contributed by atoms with Crippen LogP contribution < -0.4 is 0 Å². The van der Waals surface area contributed by atoms with Crippen molar-refractivity contribution in [2.45, 2.75) is 0 Å². The predicted molar refractivity (Wildman–Crippen MR) is 63.5 cm³/mol. The predicted octanol–water partition coefficient (Wildman–Crippen LogP) is 4.51. The average Bonchev–Trinajstić information content (AvgIpc) is 2.20. The van der Waals surface area contributed by atoms with Crippen LogP contribution in [-0.4, -0.2) is 5.11 Å². The summed E-state index contributed by atoms with van der Waals surface area (Å²) in [5.74, 6) is -0.669. The van der Waals surface area contributed by atoms with Crippen LogP contribution in [0.15, 0.2) is 36.4 Å². The van der Waals surface area contributed by atoms with Crippen LogP contribution in [0.1, 0.15) is 0 Å². The minimum atomic E-state index is -0.522. The normalized spacial score (nSPS) is 10.4. The number of phenolic OH excluding ortho intramolecular Hbond substituents is 1. The Hall–Kier alpha value is -1.25. The van der Waals surface area contributed by atoms with Crippen molar-refractivity contribution >= 4 is 23.2 Å². The number of benzene rings is 2. The Kier molecular flexibility index (Phi) is 3.03. The van der Waals surface area contributed by atoms with Gasteiger partial charge in [-0.3, -0.25) is 0 Å². The van der Waals surface area contributed by atoms with Gasteiger partial charge in [0.1, 0.15) is 11.6 Å². The SMILES string of the molecule is Oc1cc(F)cc(-c2cccc(Cl)c2Cl)c1. The van der Waals surface area contributed by atoms with Crippen LogP contribution in [0.4, 0.5) is 4.39 Å². The van der Waals surface area contributed by atoms with Crippen molar-refractivity contribution in [2.75, 3.05) is 0 Å². The molecule has 82 valence electrons. The maximum atomic E-state index is 13.1. The van der Waals surface area contributed by atoms with E-state index in [9.17, 15) is 9.50 Å². The van der Waals surface area contributed by atoms with E-state index in [2.05, 4.69) is 0 Å². The molecule has 0 saturated carbocycles. The Morgan fingerprint density at radius 3 is 2.50 bits per heavy atom. The molecule has 4 heteroatoms. The molecule has 0 radical (unpaired) electrons. The van der Waals surface area contributed by atoms with Crippen LogP contribution >= 0.6 is 23.2 Å². The zero-order chi connectivity index (χ0) is 11.7. The summed E-state index contributed by atoms with van der Waals surface area (Å²) in [4.78, 5) is 0. The molecule has 0 aromatic heterocycles. The monoisotopic (exact) mass is 256 g/mol. The second-order valence-electron chi connectivity index (χ2n) is 3.30. The van der Waals surface area contributed by atoms with Crippen LogP contribution in [-0.2, 0) is 0 Å². The van der Waals surface area contributed by atoms with Crippen molar-refractivity contribution in [2.24, 2.45) is 0 Å². The first kappa shape index (κ1) is 11.2. The van der Waals surface area contributed by atoms with E-state index in [1.165, 1.54) is 12.1 Å². The topological polar surface area (TPSA) is 20.2 Å². The smallest absolute Gasteiger partial charge is 0.127 e. The van der Waals surface area contributed by atoms with Gasteiger partial charge in [0, 0.05) is 11.6 Å². The molecule has 0 spiro atoms. The molecule has 0 unspecified atom stereocenters. The lowest BCUT2D eigenvalue weighted by Crippen LogP contribution is -1.83. The highest BCUT2D eigenvalue weighted by Crippen LogP contribution is 2.34. The van der Waals surface area contributed by atoms with Gasteiger partial charge in [-0.1, -0.05) is 35.3 Å². The van der Waals surface area contributed by atoms with Gasteiger partial charge in [-0.05, 0) is 23.8 Å². The summed E-state index contributed by atoms with van der Waals surface area (Å²) in [5, 5.41) is 10.0. The molecular formula is C12H7Cl2FO. The molecule has 0 atom stereocenters. The number of hydrogen-bond acceptors (Lipinski definition) is 1. The fourth-order valence-corrected chi connectivity index (χ4v) is 1.87. The number of phenols is 1. The first-order chi connectivity index (χ1) is 7.58. The summed E-state index contributed by atoms with van der Waals surface area (Å²) in [7, 11) is 0. The maximum absolute atomic E-state index is 13.1. The Balaban J connectivity index is 2.63. The van der Waals surface area contributed by atoms with Gasteiger partial charge in [0.05, 0.1) is 10.0 Å². The molecule has 0 aliphatic heterocycles. The van der Waals surface area contributed by atoms with Gasteiger partial charge in [0.15, 0.2) is 0 Å². The average molecular weight is 257 g/mol. The van der Waals surface area contributed by atoms with Crippen LogP contribution in [0.25, 0.3) is 11.1 Å². The molecule has 0 amide bonds. The van der Waals surface area contributed by atoms with Gasteiger partial charge in [0.25, 0.3) is 0 Å². The third kappa shape index (κ3) is 2.13. The number of rotatable bonds is 1. The highest BCUT2D eigenvalue weighted by atomic mass is 35.5. The molecule has 1 nitrogen and oxygen atoms in total. The standard InChI is InChI=1S/C12H7Cl2FO/c13-11-3-1-2-10(12(11)14)7-4-8(15)6-9(16)5-7/h1-6,16H. The van der Waals surface area contributed by atoms with Crippen LogP contribution in [0, 0.1) is 5.82 Å². The fourth-order valence-electron chi connectivity index (χ4n) is 1.46. The highest BCUT2D eigenvalue weighted by Gasteiger charge is 2.08. The molecule has 0 aliphatic rings. The lowest BCUT2D eigenvalue weighted by atomic mass is 10.1. The quantitative estimate of drug-likeness (QED) is 0.797. The third-order valence-corrected chi connectivity index (χ3v) is 2.96. The van der Waals surface area contributed by atoms with Crippen LogP contribution in [0.3, 0.4) is 0 Å². The van der Waals surface area contributed by atoms with E-state index in [0.717, 1.165) is 6.07 Å². The molecule has 2 aromatic rings. The summed E-state index contributed by atoms with van der Waals surface area (Å²) < 4.78 is 13.1. The fraction of sp³-hybridized carbons (Fsp3) is 0. The third-order valence-electron chi connectivity index (χ3n) is 2.15.